The first-order valence-corrected chi connectivity index (χ1v) is 6.02. The summed E-state index contributed by atoms with van der Waals surface area (Å²) in [5.41, 5.74) is 1.35. The largest absolute Gasteiger partial charge is 0.268 e. The van der Waals surface area contributed by atoms with Gasteiger partial charge in [0.1, 0.15) is 0 Å². The Balaban J connectivity index is 4.58. The van der Waals surface area contributed by atoms with Gasteiger partial charge < -0.3 is 0 Å². The maximum atomic E-state index is 4.27. The van der Waals surface area contributed by atoms with Crippen LogP contribution in [0.4, 0.5) is 0 Å². The van der Waals surface area contributed by atoms with Gasteiger partial charge in [0.15, 0.2) is 0 Å². The average Bonchev–Trinajstić information content (AvgIpc) is 2.08. The zero-order chi connectivity index (χ0) is 13.5. The third-order valence-electron chi connectivity index (χ3n) is 1.78. The molecule has 0 aliphatic rings. The monoisotopic (exact) mass is 234 g/mol. The fourth-order valence-corrected chi connectivity index (χ4v) is 1.20. The number of aliphatic imine (C=N–C) groups is 2. The topological polar surface area (TPSA) is 24.7 Å². The Bertz CT molecular complexity index is 320. The van der Waals surface area contributed by atoms with E-state index in [1.165, 1.54) is 0 Å². The Labute approximate surface area is 106 Å². The van der Waals surface area contributed by atoms with Crippen LogP contribution in [0.2, 0.25) is 0 Å². The number of allylic oxidation sites excluding steroid dienone is 1. The molecule has 2 nitrogen and oxygen atoms in total. The van der Waals surface area contributed by atoms with Crippen molar-refractivity contribution in [1.29, 1.82) is 0 Å². The van der Waals surface area contributed by atoms with Gasteiger partial charge in [0.25, 0.3) is 0 Å². The first-order valence-electron chi connectivity index (χ1n) is 6.02. The normalized spacial score (nSPS) is 14.8. The van der Waals surface area contributed by atoms with E-state index < -0.39 is 0 Å². The maximum Gasteiger partial charge on any atom is 0.0423 e. The van der Waals surface area contributed by atoms with Crippen molar-refractivity contribution in [2.24, 2.45) is 20.8 Å². The SMILES string of the molecule is C=C\N=C(/C=C\N=C\C(C)(C)C)CC(C)(C)C. The van der Waals surface area contributed by atoms with Gasteiger partial charge in [0.2, 0.25) is 0 Å². The van der Waals surface area contributed by atoms with Crippen LogP contribution in [0.3, 0.4) is 0 Å². The molecule has 0 atom stereocenters. The minimum absolute atomic E-state index is 0.115. The molecule has 0 aliphatic heterocycles. The van der Waals surface area contributed by atoms with E-state index in [9.17, 15) is 0 Å². The fraction of sp³-hybridized carbons (Fsp3) is 0.600. The number of nitrogens with zero attached hydrogens (tertiary/aromatic N) is 2. The Morgan fingerprint density at radius 3 is 2.12 bits per heavy atom. The summed E-state index contributed by atoms with van der Waals surface area (Å²) in [6.45, 7) is 16.6. The zero-order valence-corrected chi connectivity index (χ0v) is 12.1. The number of hydrogen-bond donors (Lipinski definition) is 0. The van der Waals surface area contributed by atoms with E-state index in [0.717, 1.165) is 12.1 Å². The van der Waals surface area contributed by atoms with Crippen molar-refractivity contribution in [2.75, 3.05) is 0 Å². The summed E-state index contributed by atoms with van der Waals surface area (Å²) in [4.78, 5) is 8.54. The van der Waals surface area contributed by atoms with Crippen LogP contribution in [0.25, 0.3) is 0 Å². The van der Waals surface area contributed by atoms with E-state index in [1.807, 2.05) is 12.3 Å². The van der Waals surface area contributed by atoms with Crippen molar-refractivity contribution in [1.82, 2.24) is 0 Å². The lowest BCUT2D eigenvalue weighted by Gasteiger charge is -2.17. The third-order valence-corrected chi connectivity index (χ3v) is 1.78. The maximum absolute atomic E-state index is 4.27. The highest BCUT2D eigenvalue weighted by molar-refractivity contribution is 5.95. The fourth-order valence-electron chi connectivity index (χ4n) is 1.20. The van der Waals surface area contributed by atoms with E-state index in [0.29, 0.717) is 0 Å². The van der Waals surface area contributed by atoms with Crippen molar-refractivity contribution >= 4 is 11.9 Å². The van der Waals surface area contributed by atoms with Crippen LogP contribution in [0.1, 0.15) is 48.0 Å². The summed E-state index contributed by atoms with van der Waals surface area (Å²) in [5, 5.41) is 0. The van der Waals surface area contributed by atoms with Crippen molar-refractivity contribution in [2.45, 2.75) is 48.0 Å². The summed E-state index contributed by atoms with van der Waals surface area (Å²) < 4.78 is 0. The summed E-state index contributed by atoms with van der Waals surface area (Å²) in [6, 6.07) is 0. The lowest BCUT2D eigenvalue weighted by Crippen LogP contribution is -2.11. The van der Waals surface area contributed by atoms with Gasteiger partial charge in [-0.05, 0) is 23.3 Å². The third kappa shape index (κ3) is 11.1. The second-order valence-corrected chi connectivity index (χ2v) is 6.50. The summed E-state index contributed by atoms with van der Waals surface area (Å²) in [5.74, 6) is 0. The van der Waals surface area contributed by atoms with Crippen molar-refractivity contribution in [3.63, 3.8) is 0 Å². The molecule has 0 spiro atoms. The van der Waals surface area contributed by atoms with Crippen LogP contribution in [-0.4, -0.2) is 11.9 Å². The molecule has 0 bridgehead atoms. The molecule has 0 aliphatic carbocycles. The van der Waals surface area contributed by atoms with Crippen molar-refractivity contribution < 1.29 is 0 Å². The minimum Gasteiger partial charge on any atom is -0.268 e. The highest BCUT2D eigenvalue weighted by atomic mass is 14.7. The van der Waals surface area contributed by atoms with Crippen LogP contribution < -0.4 is 0 Å². The molecule has 0 aromatic carbocycles. The molecule has 0 saturated carbocycles. The molecule has 0 fully saturated rings. The van der Waals surface area contributed by atoms with Crippen LogP contribution in [0.5, 0.6) is 0 Å². The molecule has 0 aromatic rings. The second kappa shape index (κ2) is 6.53. The van der Waals surface area contributed by atoms with Crippen LogP contribution in [0.15, 0.2) is 35.0 Å². The molecule has 0 aromatic heterocycles. The molecule has 0 saturated heterocycles. The lowest BCUT2D eigenvalue weighted by molar-refractivity contribution is 0.434. The van der Waals surface area contributed by atoms with Gasteiger partial charge in [-0.1, -0.05) is 48.1 Å². The Hall–Kier alpha value is -1.18. The number of hydrogen-bond acceptors (Lipinski definition) is 2. The molecular formula is C15H26N2. The number of rotatable bonds is 4. The smallest absolute Gasteiger partial charge is 0.0423 e. The predicted molar refractivity (Wildman–Crippen MR) is 78.8 cm³/mol. The van der Waals surface area contributed by atoms with Crippen molar-refractivity contribution in [3.8, 4) is 0 Å². The second-order valence-electron chi connectivity index (χ2n) is 6.50. The van der Waals surface area contributed by atoms with Gasteiger partial charge in [-0.3, -0.25) is 9.98 Å². The minimum atomic E-state index is 0.115. The van der Waals surface area contributed by atoms with Gasteiger partial charge in [0, 0.05) is 24.3 Å². The average molecular weight is 234 g/mol. The highest BCUT2D eigenvalue weighted by Gasteiger charge is 2.12. The molecule has 17 heavy (non-hydrogen) atoms. The molecule has 0 unspecified atom stereocenters. The molecule has 96 valence electrons. The molecule has 0 rings (SSSR count). The van der Waals surface area contributed by atoms with Crippen LogP contribution in [0, 0.1) is 10.8 Å². The van der Waals surface area contributed by atoms with Gasteiger partial charge in [-0.2, -0.15) is 0 Å². The van der Waals surface area contributed by atoms with Gasteiger partial charge >= 0.3 is 0 Å². The van der Waals surface area contributed by atoms with Gasteiger partial charge in [-0.15, -0.1) is 0 Å². The van der Waals surface area contributed by atoms with Gasteiger partial charge in [-0.25, -0.2) is 0 Å². The molecule has 0 amide bonds. The van der Waals surface area contributed by atoms with E-state index in [4.69, 9.17) is 0 Å². The van der Waals surface area contributed by atoms with Gasteiger partial charge in [0.05, 0.1) is 0 Å². The Kier molecular flexibility index (Phi) is 6.08. The standard InChI is InChI=1S/C15H26N2/c1-8-17-13(11-14(2,3)4)9-10-16-12-15(5,6)7/h8-10,12H,1,11H2,2-7H3/b10-9-,16-12+,17-13+. The van der Waals surface area contributed by atoms with E-state index >= 15 is 0 Å². The van der Waals surface area contributed by atoms with Crippen LogP contribution >= 0.6 is 0 Å². The summed E-state index contributed by atoms with van der Waals surface area (Å²) in [6.07, 6.45) is 8.19. The summed E-state index contributed by atoms with van der Waals surface area (Å²) in [7, 11) is 0. The highest BCUT2D eigenvalue weighted by Crippen LogP contribution is 2.19. The Morgan fingerprint density at radius 2 is 1.71 bits per heavy atom. The summed E-state index contributed by atoms with van der Waals surface area (Å²) >= 11 is 0. The van der Waals surface area contributed by atoms with E-state index in [1.54, 1.807) is 12.4 Å². The zero-order valence-electron chi connectivity index (χ0n) is 12.1. The first kappa shape index (κ1) is 15.8. The quantitative estimate of drug-likeness (QED) is 0.633. The molecular weight excluding hydrogens is 208 g/mol. The molecule has 0 radical (unpaired) electrons. The van der Waals surface area contributed by atoms with E-state index in [2.05, 4.69) is 58.1 Å². The Morgan fingerprint density at radius 1 is 1.12 bits per heavy atom. The lowest BCUT2D eigenvalue weighted by atomic mass is 9.89. The molecule has 0 heterocycles. The van der Waals surface area contributed by atoms with Crippen LogP contribution in [-0.2, 0) is 0 Å². The van der Waals surface area contributed by atoms with Crippen molar-refractivity contribution in [3.05, 3.63) is 25.1 Å². The van der Waals surface area contributed by atoms with E-state index in [-0.39, 0.29) is 10.8 Å². The molecule has 2 heteroatoms. The first-order chi connectivity index (χ1) is 7.64. The predicted octanol–water partition coefficient (Wildman–Crippen LogP) is 4.64. The molecule has 0 N–H and O–H groups in total.